The zero-order valence-corrected chi connectivity index (χ0v) is 10.0. The standard InChI is InChI=1S/C10H17N3O2S/c1-2-3-7-13-8-5-4-6-9(10(8)11)16(12,14)15/h4-6,13H,2-3,7,11H2,1H3,(H2,12,14,15). The van der Waals surface area contributed by atoms with Crippen molar-refractivity contribution in [3.05, 3.63) is 18.2 Å². The highest BCUT2D eigenvalue weighted by molar-refractivity contribution is 7.89. The summed E-state index contributed by atoms with van der Waals surface area (Å²) in [5.74, 6) is 0. The fourth-order valence-corrected chi connectivity index (χ4v) is 2.03. The Kier molecular flexibility index (Phi) is 4.14. The molecule has 0 saturated heterocycles. The Bertz CT molecular complexity index is 457. The van der Waals surface area contributed by atoms with Crippen LogP contribution in [0, 0.1) is 0 Å². The Hall–Kier alpha value is -1.27. The molecule has 0 fully saturated rings. The fourth-order valence-electron chi connectivity index (χ4n) is 1.35. The number of unbranched alkanes of at least 4 members (excludes halogenated alkanes) is 1. The summed E-state index contributed by atoms with van der Waals surface area (Å²) < 4.78 is 22.4. The van der Waals surface area contributed by atoms with Gasteiger partial charge in [0.15, 0.2) is 0 Å². The van der Waals surface area contributed by atoms with Crippen LogP contribution >= 0.6 is 0 Å². The second-order valence-corrected chi connectivity index (χ2v) is 5.07. The number of hydrogen-bond acceptors (Lipinski definition) is 4. The average Bonchev–Trinajstić information content (AvgIpc) is 2.19. The lowest BCUT2D eigenvalue weighted by Crippen LogP contribution is -2.15. The van der Waals surface area contributed by atoms with Gasteiger partial charge in [-0.1, -0.05) is 19.4 Å². The van der Waals surface area contributed by atoms with E-state index in [0.717, 1.165) is 19.4 Å². The number of hydrogen-bond donors (Lipinski definition) is 3. The number of nitrogens with two attached hydrogens (primary N) is 2. The van der Waals surface area contributed by atoms with Crippen molar-refractivity contribution in [3.8, 4) is 0 Å². The van der Waals surface area contributed by atoms with E-state index in [1.165, 1.54) is 6.07 Å². The molecule has 0 radical (unpaired) electrons. The first-order valence-electron chi connectivity index (χ1n) is 5.12. The van der Waals surface area contributed by atoms with E-state index in [2.05, 4.69) is 12.2 Å². The van der Waals surface area contributed by atoms with Crippen molar-refractivity contribution < 1.29 is 8.42 Å². The van der Waals surface area contributed by atoms with Crippen molar-refractivity contribution >= 4 is 21.4 Å². The summed E-state index contributed by atoms with van der Waals surface area (Å²) in [6, 6.07) is 4.75. The molecule has 5 nitrogen and oxygen atoms in total. The predicted molar refractivity (Wildman–Crippen MR) is 65.6 cm³/mol. The highest BCUT2D eigenvalue weighted by Crippen LogP contribution is 2.25. The second-order valence-electron chi connectivity index (χ2n) is 3.54. The normalized spacial score (nSPS) is 11.4. The van der Waals surface area contributed by atoms with Crippen LogP contribution in [-0.2, 0) is 10.0 Å². The van der Waals surface area contributed by atoms with Crippen LogP contribution in [0.1, 0.15) is 19.8 Å². The molecule has 1 rings (SSSR count). The maximum atomic E-state index is 11.2. The molecule has 1 aromatic rings. The van der Waals surface area contributed by atoms with E-state index in [1.807, 2.05) is 0 Å². The van der Waals surface area contributed by atoms with Gasteiger partial charge in [0.1, 0.15) is 4.90 Å². The Balaban J connectivity index is 2.96. The molecule has 6 heteroatoms. The Morgan fingerprint density at radius 3 is 2.62 bits per heavy atom. The summed E-state index contributed by atoms with van der Waals surface area (Å²) in [5.41, 5.74) is 6.52. The quantitative estimate of drug-likeness (QED) is 0.533. The van der Waals surface area contributed by atoms with Crippen molar-refractivity contribution in [1.82, 2.24) is 0 Å². The van der Waals surface area contributed by atoms with Gasteiger partial charge in [0, 0.05) is 6.54 Å². The van der Waals surface area contributed by atoms with Gasteiger partial charge in [0.25, 0.3) is 0 Å². The molecule has 0 heterocycles. The minimum Gasteiger partial charge on any atom is -0.396 e. The zero-order valence-electron chi connectivity index (χ0n) is 9.23. The van der Waals surface area contributed by atoms with Crippen molar-refractivity contribution in [2.24, 2.45) is 5.14 Å². The molecule has 0 aromatic heterocycles. The topological polar surface area (TPSA) is 98.2 Å². The lowest BCUT2D eigenvalue weighted by molar-refractivity contribution is 0.598. The number of benzene rings is 1. The van der Waals surface area contributed by atoms with Crippen LogP contribution in [0.4, 0.5) is 11.4 Å². The molecule has 5 N–H and O–H groups in total. The largest absolute Gasteiger partial charge is 0.396 e. The minimum absolute atomic E-state index is 0.0333. The molecule has 0 amide bonds. The van der Waals surface area contributed by atoms with Gasteiger partial charge in [-0.05, 0) is 18.6 Å². The summed E-state index contributed by atoms with van der Waals surface area (Å²) in [5, 5.41) is 8.13. The van der Waals surface area contributed by atoms with Gasteiger partial charge >= 0.3 is 0 Å². The number of primary sulfonamides is 1. The van der Waals surface area contributed by atoms with Gasteiger partial charge in [-0.25, -0.2) is 13.6 Å². The van der Waals surface area contributed by atoms with E-state index in [4.69, 9.17) is 10.9 Å². The molecule has 0 bridgehead atoms. The maximum Gasteiger partial charge on any atom is 0.240 e. The predicted octanol–water partition coefficient (Wildman–Crippen LogP) is 1.13. The van der Waals surface area contributed by atoms with Crippen LogP contribution in [0.3, 0.4) is 0 Å². The van der Waals surface area contributed by atoms with Crippen LogP contribution in [0.2, 0.25) is 0 Å². The SMILES string of the molecule is CCCCNc1cccc(S(N)(=O)=O)c1N. The number of nitrogen functional groups attached to an aromatic ring is 1. The van der Waals surface area contributed by atoms with E-state index in [0.29, 0.717) is 5.69 Å². The highest BCUT2D eigenvalue weighted by atomic mass is 32.2. The van der Waals surface area contributed by atoms with Gasteiger partial charge in [-0.15, -0.1) is 0 Å². The summed E-state index contributed by atoms with van der Waals surface area (Å²) >= 11 is 0. The van der Waals surface area contributed by atoms with E-state index >= 15 is 0 Å². The van der Waals surface area contributed by atoms with Gasteiger partial charge in [0.05, 0.1) is 11.4 Å². The molecule has 0 aliphatic heterocycles. The summed E-state index contributed by atoms with van der Waals surface area (Å²) in [4.78, 5) is -0.0333. The van der Waals surface area contributed by atoms with E-state index < -0.39 is 10.0 Å². The lowest BCUT2D eigenvalue weighted by atomic mass is 10.2. The van der Waals surface area contributed by atoms with E-state index in [9.17, 15) is 8.42 Å². The Labute approximate surface area is 95.9 Å². The van der Waals surface area contributed by atoms with Gasteiger partial charge < -0.3 is 11.1 Å². The molecule has 0 aliphatic carbocycles. The first-order chi connectivity index (χ1) is 7.46. The Morgan fingerprint density at radius 1 is 1.38 bits per heavy atom. The molecule has 0 saturated carbocycles. The van der Waals surface area contributed by atoms with Gasteiger partial charge in [-0.2, -0.15) is 0 Å². The van der Waals surface area contributed by atoms with Gasteiger partial charge in [0.2, 0.25) is 10.0 Å². The smallest absolute Gasteiger partial charge is 0.240 e. The second kappa shape index (κ2) is 5.18. The third-order valence-corrected chi connectivity index (χ3v) is 3.19. The molecule has 0 unspecified atom stereocenters. The summed E-state index contributed by atoms with van der Waals surface area (Å²) in [6.45, 7) is 2.83. The summed E-state index contributed by atoms with van der Waals surface area (Å²) in [7, 11) is -3.75. The van der Waals surface area contributed by atoms with Crippen LogP contribution in [0.5, 0.6) is 0 Å². The number of nitrogens with one attached hydrogen (secondary N) is 1. The first-order valence-corrected chi connectivity index (χ1v) is 6.66. The maximum absolute atomic E-state index is 11.2. The average molecular weight is 243 g/mol. The molecule has 0 aliphatic rings. The molecule has 0 atom stereocenters. The van der Waals surface area contributed by atoms with E-state index in [-0.39, 0.29) is 10.6 Å². The molecule has 90 valence electrons. The summed E-state index contributed by atoms with van der Waals surface area (Å²) in [6.07, 6.45) is 2.06. The Morgan fingerprint density at radius 2 is 2.06 bits per heavy atom. The number of para-hydroxylation sites is 1. The molecule has 1 aromatic carbocycles. The van der Waals surface area contributed by atoms with Crippen LogP contribution in [0.25, 0.3) is 0 Å². The zero-order chi connectivity index (χ0) is 12.2. The number of rotatable bonds is 5. The highest BCUT2D eigenvalue weighted by Gasteiger charge is 2.14. The number of sulfonamides is 1. The molecular formula is C10H17N3O2S. The monoisotopic (exact) mass is 243 g/mol. The van der Waals surface area contributed by atoms with Crippen molar-refractivity contribution in [2.75, 3.05) is 17.6 Å². The third-order valence-electron chi connectivity index (χ3n) is 2.22. The fraction of sp³-hybridized carbons (Fsp3) is 0.400. The first kappa shape index (κ1) is 12.8. The van der Waals surface area contributed by atoms with Crippen molar-refractivity contribution in [1.29, 1.82) is 0 Å². The lowest BCUT2D eigenvalue weighted by Gasteiger charge is -2.11. The van der Waals surface area contributed by atoms with Crippen molar-refractivity contribution in [3.63, 3.8) is 0 Å². The van der Waals surface area contributed by atoms with Crippen molar-refractivity contribution in [2.45, 2.75) is 24.7 Å². The van der Waals surface area contributed by atoms with Gasteiger partial charge in [-0.3, -0.25) is 0 Å². The molecular weight excluding hydrogens is 226 g/mol. The van der Waals surface area contributed by atoms with Crippen LogP contribution < -0.4 is 16.2 Å². The minimum atomic E-state index is -3.75. The van der Waals surface area contributed by atoms with Crippen LogP contribution in [-0.4, -0.2) is 15.0 Å². The number of anilines is 2. The van der Waals surface area contributed by atoms with E-state index in [1.54, 1.807) is 12.1 Å². The third kappa shape index (κ3) is 3.11. The molecule has 0 spiro atoms. The molecule has 16 heavy (non-hydrogen) atoms. The van der Waals surface area contributed by atoms with Crippen LogP contribution in [0.15, 0.2) is 23.1 Å².